The largest absolute Gasteiger partial charge is 0.546 e. The van der Waals surface area contributed by atoms with E-state index in [-0.39, 0.29) is 5.97 Å². The Kier molecular flexibility index (Phi) is 9.39. The smallest absolute Gasteiger partial charge is 0.334 e. The van der Waals surface area contributed by atoms with Gasteiger partial charge in [-0.2, -0.15) is 11.2 Å². The SMILES string of the molecule is C[Si](C)(C)OC(=O)C(S[Si](C)(C)C)=C(CS[Si](C)(C)C)O[Si](C)(C)C. The van der Waals surface area contributed by atoms with Gasteiger partial charge < -0.3 is 8.85 Å². The number of hydrogen-bond donors (Lipinski definition) is 0. The molecule has 0 aromatic carbocycles. The Labute approximate surface area is 167 Å². The van der Waals surface area contributed by atoms with E-state index in [9.17, 15) is 4.79 Å². The highest BCUT2D eigenvalue weighted by Crippen LogP contribution is 2.35. The van der Waals surface area contributed by atoms with Crippen LogP contribution in [-0.4, -0.2) is 42.8 Å². The molecule has 0 saturated carbocycles. The molecule has 0 aliphatic carbocycles. The lowest BCUT2D eigenvalue weighted by atomic mass is 10.5. The first-order valence-electron chi connectivity index (χ1n) is 8.78. The molecule has 0 spiro atoms. The van der Waals surface area contributed by atoms with Crippen LogP contribution in [0, 0.1) is 0 Å². The second-order valence-corrected chi connectivity index (χ2v) is 37.4. The summed E-state index contributed by atoms with van der Waals surface area (Å²) in [5, 5.41) is 0. The van der Waals surface area contributed by atoms with Gasteiger partial charge in [-0.15, -0.1) is 11.2 Å². The molecule has 0 N–H and O–H groups in total. The van der Waals surface area contributed by atoms with Gasteiger partial charge in [-0.05, 0) is 39.3 Å². The van der Waals surface area contributed by atoms with Crippen molar-refractivity contribution in [3.05, 3.63) is 10.7 Å². The molecule has 0 aliphatic rings. The van der Waals surface area contributed by atoms with Gasteiger partial charge in [0.25, 0.3) is 0 Å². The third-order valence-electron chi connectivity index (χ3n) is 2.31. The van der Waals surface area contributed by atoms with E-state index in [2.05, 4.69) is 78.6 Å². The van der Waals surface area contributed by atoms with E-state index in [1.807, 2.05) is 11.2 Å². The van der Waals surface area contributed by atoms with Crippen LogP contribution in [0.25, 0.3) is 0 Å². The summed E-state index contributed by atoms with van der Waals surface area (Å²) in [4.78, 5) is 13.7. The Morgan fingerprint density at radius 3 is 1.48 bits per heavy atom. The maximum absolute atomic E-state index is 13.0. The van der Waals surface area contributed by atoms with Crippen LogP contribution >= 0.6 is 22.4 Å². The number of hydrogen-bond acceptors (Lipinski definition) is 5. The third-order valence-corrected chi connectivity index (χ3v) is 11.9. The summed E-state index contributed by atoms with van der Waals surface area (Å²) in [7, 11) is -6.62. The molecule has 0 aromatic rings. The quantitative estimate of drug-likeness (QED) is 0.224. The van der Waals surface area contributed by atoms with Gasteiger partial charge in [0.15, 0.2) is 0 Å². The summed E-state index contributed by atoms with van der Waals surface area (Å²) in [6, 6.07) is 0. The third kappa shape index (κ3) is 14.3. The van der Waals surface area contributed by atoms with Crippen LogP contribution in [0.4, 0.5) is 0 Å². The molecule has 3 nitrogen and oxygen atoms in total. The number of carbonyl (C=O) groups is 1. The van der Waals surface area contributed by atoms with Crippen LogP contribution in [0.1, 0.15) is 0 Å². The zero-order chi connectivity index (χ0) is 20.3. The molecule has 0 bridgehead atoms. The predicted molar refractivity (Wildman–Crippen MR) is 128 cm³/mol. The fourth-order valence-corrected chi connectivity index (χ4v) is 9.41. The standard InChI is InChI=1S/C16H38O3S2Si4/c1-22(2,3)18-14(13-20-24(7,8)9)15(21-25(10,11)12)16(17)19-23(4,5)6/h13H2,1-12H3. The molecule has 0 radical (unpaired) electrons. The lowest BCUT2D eigenvalue weighted by molar-refractivity contribution is -0.130. The Balaban J connectivity index is 5.96. The van der Waals surface area contributed by atoms with Gasteiger partial charge in [0, 0.05) is 5.75 Å². The van der Waals surface area contributed by atoms with Gasteiger partial charge in [-0.25, -0.2) is 4.79 Å². The molecule has 9 heteroatoms. The Bertz CT molecular complexity index is 495. The summed E-state index contributed by atoms with van der Waals surface area (Å²) in [6.07, 6.45) is 0. The van der Waals surface area contributed by atoms with Crippen molar-refractivity contribution in [2.75, 3.05) is 5.75 Å². The van der Waals surface area contributed by atoms with Crippen LogP contribution in [0.2, 0.25) is 78.6 Å². The van der Waals surface area contributed by atoms with Gasteiger partial charge in [-0.3, -0.25) is 0 Å². The first kappa shape index (κ1) is 25.6. The van der Waals surface area contributed by atoms with Gasteiger partial charge in [0.2, 0.25) is 16.6 Å². The van der Waals surface area contributed by atoms with Gasteiger partial charge >= 0.3 is 5.97 Å². The van der Waals surface area contributed by atoms with Crippen LogP contribution < -0.4 is 0 Å². The monoisotopic (exact) mass is 454 g/mol. The second-order valence-electron chi connectivity index (χ2n) is 10.1. The average Bonchev–Trinajstić information content (AvgIpc) is 2.25. The van der Waals surface area contributed by atoms with Crippen molar-refractivity contribution < 1.29 is 13.6 Å². The van der Waals surface area contributed by atoms with E-state index in [1.54, 1.807) is 11.2 Å². The van der Waals surface area contributed by atoms with Crippen molar-refractivity contribution in [2.45, 2.75) is 78.6 Å². The maximum atomic E-state index is 13.0. The summed E-state index contributed by atoms with van der Waals surface area (Å²) >= 11 is 3.67. The Morgan fingerprint density at radius 2 is 1.16 bits per heavy atom. The lowest BCUT2D eigenvalue weighted by Crippen LogP contribution is -2.33. The summed E-state index contributed by atoms with van der Waals surface area (Å²) in [5.74, 6) is 1.46. The molecule has 25 heavy (non-hydrogen) atoms. The van der Waals surface area contributed by atoms with Crippen molar-refractivity contribution in [2.24, 2.45) is 0 Å². The van der Waals surface area contributed by atoms with Crippen LogP contribution in [-0.2, 0) is 13.6 Å². The summed E-state index contributed by atoms with van der Waals surface area (Å²) in [6.45, 7) is 26.4. The zero-order valence-electron chi connectivity index (χ0n) is 18.2. The minimum atomic E-state index is -1.95. The van der Waals surface area contributed by atoms with Crippen LogP contribution in [0.5, 0.6) is 0 Å². The van der Waals surface area contributed by atoms with Crippen LogP contribution in [0.3, 0.4) is 0 Å². The topological polar surface area (TPSA) is 35.5 Å². The minimum absolute atomic E-state index is 0.170. The summed E-state index contributed by atoms with van der Waals surface area (Å²) < 4.78 is 12.3. The first-order valence-corrected chi connectivity index (χ1v) is 25.8. The van der Waals surface area contributed by atoms with Gasteiger partial charge in [0.1, 0.15) is 25.1 Å². The molecule has 0 saturated heterocycles. The lowest BCUT2D eigenvalue weighted by Gasteiger charge is -2.29. The molecule has 0 amide bonds. The Hall–Kier alpha value is 0.578. The minimum Gasteiger partial charge on any atom is -0.546 e. The highest BCUT2D eigenvalue weighted by atomic mass is 32.4. The Morgan fingerprint density at radius 1 is 0.720 bits per heavy atom. The highest BCUT2D eigenvalue weighted by molar-refractivity contribution is 8.32. The first-order chi connectivity index (χ1) is 10.8. The highest BCUT2D eigenvalue weighted by Gasteiger charge is 2.32. The van der Waals surface area contributed by atoms with Crippen molar-refractivity contribution in [1.29, 1.82) is 0 Å². The van der Waals surface area contributed by atoms with Crippen molar-refractivity contribution >= 4 is 59.5 Å². The van der Waals surface area contributed by atoms with E-state index in [0.717, 1.165) is 16.4 Å². The fraction of sp³-hybridized carbons (Fsp3) is 0.812. The average molecular weight is 455 g/mol. The van der Waals surface area contributed by atoms with Crippen LogP contribution in [0.15, 0.2) is 10.7 Å². The molecule has 0 heterocycles. The van der Waals surface area contributed by atoms with Crippen molar-refractivity contribution in [3.63, 3.8) is 0 Å². The summed E-state index contributed by atoms with van der Waals surface area (Å²) in [5.41, 5.74) is 0. The molecular formula is C16H38O3S2Si4. The van der Waals surface area contributed by atoms with Crippen molar-refractivity contribution in [3.8, 4) is 0 Å². The predicted octanol–water partition coefficient (Wildman–Crippen LogP) is 6.56. The van der Waals surface area contributed by atoms with E-state index >= 15 is 0 Å². The molecule has 0 fully saturated rings. The molecule has 0 aliphatic heterocycles. The maximum Gasteiger partial charge on any atom is 0.334 e. The van der Waals surface area contributed by atoms with E-state index < -0.39 is 31.1 Å². The number of rotatable bonds is 9. The molecule has 0 atom stereocenters. The van der Waals surface area contributed by atoms with E-state index in [4.69, 9.17) is 8.85 Å². The molecule has 148 valence electrons. The molecule has 0 aromatic heterocycles. The fourth-order valence-electron chi connectivity index (χ4n) is 1.64. The number of carbonyl (C=O) groups excluding carboxylic acids is 1. The van der Waals surface area contributed by atoms with Gasteiger partial charge in [0.05, 0.1) is 0 Å². The molecule has 0 unspecified atom stereocenters. The molecular weight excluding hydrogens is 417 g/mol. The van der Waals surface area contributed by atoms with E-state index in [1.165, 1.54) is 0 Å². The second kappa shape index (κ2) is 9.18. The van der Waals surface area contributed by atoms with E-state index in [0.29, 0.717) is 0 Å². The zero-order valence-corrected chi connectivity index (χ0v) is 23.9. The normalized spacial score (nSPS) is 14.9. The molecule has 0 rings (SSSR count). The van der Waals surface area contributed by atoms with Crippen molar-refractivity contribution in [1.82, 2.24) is 0 Å². The van der Waals surface area contributed by atoms with Gasteiger partial charge in [-0.1, -0.05) is 39.3 Å².